The van der Waals surface area contributed by atoms with E-state index in [2.05, 4.69) is 41.5 Å². The number of hydrogen-bond acceptors (Lipinski definition) is 5. The minimum atomic E-state index is -0.103. The Bertz CT molecular complexity index is 1230. The summed E-state index contributed by atoms with van der Waals surface area (Å²) in [5, 5.41) is 3.02. The number of carbonyl (C=O) groups excluding carboxylic acids is 2. The third-order valence-corrected chi connectivity index (χ3v) is 7.14. The monoisotopic (exact) mass is 488 g/mol. The van der Waals surface area contributed by atoms with Gasteiger partial charge in [0.2, 0.25) is 5.91 Å². The number of aryl methyl sites for hydroxylation is 1. The Labute approximate surface area is 211 Å². The van der Waals surface area contributed by atoms with Gasteiger partial charge in [-0.2, -0.15) is 0 Å². The summed E-state index contributed by atoms with van der Waals surface area (Å²) < 4.78 is 13.4. The molecule has 1 fully saturated rings. The van der Waals surface area contributed by atoms with Crippen LogP contribution < -0.4 is 10.1 Å². The summed E-state index contributed by atoms with van der Waals surface area (Å²) in [7, 11) is 1.63. The van der Waals surface area contributed by atoms with Crippen molar-refractivity contribution in [1.29, 1.82) is 0 Å². The fraction of sp³-hybridized carbons (Fsp3) is 0.393. The van der Waals surface area contributed by atoms with Gasteiger partial charge < -0.3 is 24.3 Å². The Morgan fingerprint density at radius 1 is 1.14 bits per heavy atom. The molecule has 8 heteroatoms. The highest BCUT2D eigenvalue weighted by atomic mass is 16.5. The number of nitrogens with zero attached hydrogens (tertiary/aromatic N) is 3. The van der Waals surface area contributed by atoms with Gasteiger partial charge in [0.1, 0.15) is 11.9 Å². The summed E-state index contributed by atoms with van der Waals surface area (Å²) in [6, 6.07) is 16.0. The van der Waals surface area contributed by atoms with Gasteiger partial charge in [0.15, 0.2) is 5.69 Å². The lowest BCUT2D eigenvalue weighted by molar-refractivity contribution is -0.126. The van der Waals surface area contributed by atoms with Gasteiger partial charge in [-0.05, 0) is 43.0 Å². The normalized spacial score (nSPS) is 17.9. The number of amides is 2. The first kappa shape index (κ1) is 24.1. The average Bonchev–Trinajstić information content (AvgIpc) is 3.35. The van der Waals surface area contributed by atoms with E-state index in [4.69, 9.17) is 9.47 Å². The van der Waals surface area contributed by atoms with Gasteiger partial charge in [-0.1, -0.05) is 42.0 Å². The Morgan fingerprint density at radius 3 is 2.67 bits per heavy atom. The van der Waals surface area contributed by atoms with E-state index in [1.807, 2.05) is 28.8 Å². The van der Waals surface area contributed by atoms with Gasteiger partial charge in [-0.15, -0.1) is 0 Å². The quantitative estimate of drug-likeness (QED) is 0.573. The van der Waals surface area contributed by atoms with Gasteiger partial charge in [0.05, 0.1) is 32.3 Å². The molecule has 2 amide bonds. The molecular formula is C28H32N4O4. The molecule has 3 heterocycles. The highest BCUT2D eigenvalue weighted by molar-refractivity contribution is 5.93. The Balaban J connectivity index is 1.14. The van der Waals surface area contributed by atoms with Crippen LogP contribution in [0.15, 0.2) is 54.9 Å². The second kappa shape index (κ2) is 10.5. The molecule has 0 unspecified atom stereocenters. The van der Waals surface area contributed by atoms with Crippen molar-refractivity contribution in [2.75, 3.05) is 20.2 Å². The van der Waals surface area contributed by atoms with E-state index < -0.39 is 0 Å². The molecule has 0 bridgehead atoms. The average molecular weight is 489 g/mol. The predicted octanol–water partition coefficient (Wildman–Crippen LogP) is 3.64. The number of methoxy groups -OCH3 is 1. The second-order valence-corrected chi connectivity index (χ2v) is 9.54. The van der Waals surface area contributed by atoms with Gasteiger partial charge >= 0.3 is 0 Å². The van der Waals surface area contributed by atoms with E-state index >= 15 is 0 Å². The van der Waals surface area contributed by atoms with Crippen LogP contribution in [0.1, 0.15) is 51.8 Å². The number of rotatable bonds is 6. The van der Waals surface area contributed by atoms with Crippen molar-refractivity contribution in [3.63, 3.8) is 0 Å². The number of hydrogen-bond donors (Lipinski definition) is 1. The van der Waals surface area contributed by atoms with Crippen LogP contribution in [0.5, 0.6) is 5.75 Å². The molecule has 3 aromatic rings. The molecule has 1 aromatic heterocycles. The van der Waals surface area contributed by atoms with Crippen LogP contribution in [-0.2, 0) is 29.2 Å². The van der Waals surface area contributed by atoms with Crippen molar-refractivity contribution in [2.45, 2.75) is 45.6 Å². The SMILES string of the molecule is COc1cccc(CNC(=O)C2CCN(C(=O)c3ncn4c3CO[C@H](c3ccc(C)cc3)C4)CC2)c1. The molecule has 36 heavy (non-hydrogen) atoms. The van der Waals surface area contributed by atoms with Crippen LogP contribution in [0.2, 0.25) is 0 Å². The zero-order valence-electron chi connectivity index (χ0n) is 20.8. The molecule has 1 atom stereocenters. The minimum absolute atomic E-state index is 0.0276. The van der Waals surface area contributed by atoms with Crippen molar-refractivity contribution in [1.82, 2.24) is 19.8 Å². The number of carbonyl (C=O) groups is 2. The Hall–Kier alpha value is -3.65. The van der Waals surface area contributed by atoms with Gasteiger partial charge in [0, 0.05) is 25.6 Å². The van der Waals surface area contributed by atoms with E-state index in [0.29, 0.717) is 51.3 Å². The van der Waals surface area contributed by atoms with Crippen molar-refractivity contribution < 1.29 is 19.1 Å². The fourth-order valence-electron chi connectivity index (χ4n) is 4.90. The highest BCUT2D eigenvalue weighted by Crippen LogP contribution is 2.29. The molecule has 0 radical (unpaired) electrons. The zero-order chi connectivity index (χ0) is 25.1. The van der Waals surface area contributed by atoms with Gasteiger partial charge in [-0.3, -0.25) is 9.59 Å². The number of aromatic nitrogens is 2. The summed E-state index contributed by atoms with van der Waals surface area (Å²) in [5.41, 5.74) is 4.61. The first-order chi connectivity index (χ1) is 17.5. The molecule has 0 aliphatic carbocycles. The summed E-state index contributed by atoms with van der Waals surface area (Å²) in [6.07, 6.45) is 2.96. The molecule has 2 aliphatic rings. The third-order valence-electron chi connectivity index (χ3n) is 7.14. The van der Waals surface area contributed by atoms with Crippen LogP contribution in [-0.4, -0.2) is 46.5 Å². The lowest BCUT2D eigenvalue weighted by Gasteiger charge is -2.31. The maximum Gasteiger partial charge on any atom is 0.274 e. The maximum absolute atomic E-state index is 13.3. The molecule has 1 N–H and O–H groups in total. The minimum Gasteiger partial charge on any atom is -0.497 e. The van der Waals surface area contributed by atoms with E-state index in [0.717, 1.165) is 22.6 Å². The summed E-state index contributed by atoms with van der Waals surface area (Å²) in [4.78, 5) is 32.2. The smallest absolute Gasteiger partial charge is 0.274 e. The lowest BCUT2D eigenvalue weighted by Crippen LogP contribution is -2.43. The van der Waals surface area contributed by atoms with E-state index in [-0.39, 0.29) is 23.8 Å². The Morgan fingerprint density at radius 2 is 1.92 bits per heavy atom. The topological polar surface area (TPSA) is 85.7 Å². The van der Waals surface area contributed by atoms with E-state index in [1.165, 1.54) is 5.56 Å². The molecule has 2 aliphatic heterocycles. The van der Waals surface area contributed by atoms with E-state index in [1.54, 1.807) is 18.3 Å². The number of fused-ring (bicyclic) bond motifs is 1. The van der Waals surface area contributed by atoms with Crippen LogP contribution in [0, 0.1) is 12.8 Å². The standard InChI is InChI=1S/C28H32N4O4/c1-19-6-8-21(9-7-19)25-16-32-18-30-26(24(32)17-36-25)28(34)31-12-10-22(11-13-31)27(33)29-15-20-4-3-5-23(14-20)35-2/h3-9,14,18,22,25H,10-13,15-17H2,1-2H3,(H,29,33)/t25-/m0/s1. The summed E-state index contributed by atoms with van der Waals surface area (Å²) in [6.45, 7) is 4.58. The van der Waals surface area contributed by atoms with Crippen molar-refractivity contribution in [2.24, 2.45) is 5.92 Å². The van der Waals surface area contributed by atoms with Crippen molar-refractivity contribution in [3.8, 4) is 5.75 Å². The van der Waals surface area contributed by atoms with Crippen molar-refractivity contribution >= 4 is 11.8 Å². The van der Waals surface area contributed by atoms with Crippen molar-refractivity contribution in [3.05, 3.63) is 82.9 Å². The third kappa shape index (κ3) is 5.14. The number of ether oxygens (including phenoxy) is 2. The number of imidazole rings is 1. The van der Waals surface area contributed by atoms with Crippen LogP contribution in [0.4, 0.5) is 0 Å². The molecule has 5 rings (SSSR count). The molecular weight excluding hydrogens is 456 g/mol. The van der Waals surface area contributed by atoms with E-state index in [9.17, 15) is 9.59 Å². The van der Waals surface area contributed by atoms with Crippen LogP contribution in [0.3, 0.4) is 0 Å². The number of likely N-dealkylation sites (tertiary alicyclic amines) is 1. The molecule has 1 saturated heterocycles. The number of piperidine rings is 1. The second-order valence-electron chi connectivity index (χ2n) is 9.54. The molecule has 188 valence electrons. The summed E-state index contributed by atoms with van der Waals surface area (Å²) >= 11 is 0. The molecule has 8 nitrogen and oxygen atoms in total. The first-order valence-corrected chi connectivity index (χ1v) is 12.4. The maximum atomic E-state index is 13.3. The fourth-order valence-corrected chi connectivity index (χ4v) is 4.90. The van der Waals surface area contributed by atoms with Crippen LogP contribution >= 0.6 is 0 Å². The largest absolute Gasteiger partial charge is 0.497 e. The molecule has 0 spiro atoms. The highest BCUT2D eigenvalue weighted by Gasteiger charge is 2.32. The number of nitrogens with one attached hydrogen (secondary N) is 1. The van der Waals surface area contributed by atoms with Crippen LogP contribution in [0.25, 0.3) is 0 Å². The first-order valence-electron chi connectivity index (χ1n) is 12.4. The summed E-state index contributed by atoms with van der Waals surface area (Å²) in [5.74, 6) is 0.608. The molecule has 2 aromatic carbocycles. The molecule has 0 saturated carbocycles. The number of benzene rings is 2. The van der Waals surface area contributed by atoms with Gasteiger partial charge in [-0.25, -0.2) is 4.98 Å². The zero-order valence-corrected chi connectivity index (χ0v) is 20.8. The Kier molecular flexibility index (Phi) is 7.04. The predicted molar refractivity (Wildman–Crippen MR) is 134 cm³/mol. The van der Waals surface area contributed by atoms with Gasteiger partial charge in [0.25, 0.3) is 5.91 Å². The lowest BCUT2D eigenvalue weighted by atomic mass is 9.95.